The molecular formula is C12H16ClN5O3S. The molecule has 0 saturated carbocycles. The van der Waals surface area contributed by atoms with Gasteiger partial charge in [0.1, 0.15) is 5.15 Å². The first-order chi connectivity index (χ1) is 10.5. The number of sulfonamides is 1. The molecule has 1 atom stereocenters. The van der Waals surface area contributed by atoms with E-state index in [4.69, 9.17) is 16.3 Å². The first-order valence-electron chi connectivity index (χ1n) is 6.79. The van der Waals surface area contributed by atoms with Gasteiger partial charge < -0.3 is 9.30 Å². The van der Waals surface area contributed by atoms with Crippen molar-refractivity contribution in [2.75, 3.05) is 11.3 Å². The van der Waals surface area contributed by atoms with Crippen molar-refractivity contribution < 1.29 is 13.2 Å². The summed E-state index contributed by atoms with van der Waals surface area (Å²) in [7, 11) is -2.22. The maximum Gasteiger partial charge on any atom is 0.282 e. The second-order valence-electron chi connectivity index (χ2n) is 5.14. The molecule has 1 aliphatic heterocycles. The topological polar surface area (TPSA) is 91.0 Å². The zero-order valence-corrected chi connectivity index (χ0v) is 13.5. The summed E-state index contributed by atoms with van der Waals surface area (Å²) in [4.78, 5) is 3.81. The van der Waals surface area contributed by atoms with Crippen molar-refractivity contribution in [3.05, 3.63) is 23.9 Å². The van der Waals surface area contributed by atoms with E-state index in [-0.39, 0.29) is 16.3 Å². The van der Waals surface area contributed by atoms with Crippen molar-refractivity contribution in [3.63, 3.8) is 0 Å². The zero-order chi connectivity index (χ0) is 15.7. The van der Waals surface area contributed by atoms with E-state index in [1.165, 1.54) is 17.1 Å². The zero-order valence-electron chi connectivity index (χ0n) is 11.9. The van der Waals surface area contributed by atoms with Gasteiger partial charge in [-0.1, -0.05) is 11.6 Å². The lowest BCUT2D eigenvalue weighted by Gasteiger charge is -2.08. The van der Waals surface area contributed by atoms with Crippen LogP contribution in [0.2, 0.25) is 5.15 Å². The number of nitrogens with zero attached hydrogens (tertiary/aromatic N) is 4. The molecule has 0 unspecified atom stereocenters. The number of anilines is 1. The average molecular weight is 346 g/mol. The Morgan fingerprint density at radius 2 is 2.36 bits per heavy atom. The number of nitrogens with one attached hydrogen (secondary N) is 1. The van der Waals surface area contributed by atoms with Crippen LogP contribution in [0.25, 0.3) is 0 Å². The number of imidazole rings is 1. The Balaban J connectivity index is 1.72. The molecule has 22 heavy (non-hydrogen) atoms. The van der Waals surface area contributed by atoms with Gasteiger partial charge in [0.2, 0.25) is 5.03 Å². The van der Waals surface area contributed by atoms with Crippen LogP contribution in [0, 0.1) is 0 Å². The van der Waals surface area contributed by atoms with Gasteiger partial charge in [-0.3, -0.25) is 9.40 Å². The smallest absolute Gasteiger partial charge is 0.282 e. The van der Waals surface area contributed by atoms with Gasteiger partial charge in [0.25, 0.3) is 10.0 Å². The maximum absolute atomic E-state index is 12.3. The molecule has 0 aromatic carbocycles. The van der Waals surface area contributed by atoms with Crippen LogP contribution in [0.3, 0.4) is 0 Å². The Bertz CT molecular complexity index is 764. The summed E-state index contributed by atoms with van der Waals surface area (Å²) in [5.74, 6) is 0. The highest BCUT2D eigenvalue weighted by Crippen LogP contribution is 2.22. The predicted octanol–water partition coefficient (Wildman–Crippen LogP) is 1.25. The number of hydrogen-bond acceptors (Lipinski definition) is 5. The molecule has 8 nitrogen and oxygen atoms in total. The van der Waals surface area contributed by atoms with Crippen molar-refractivity contribution in [1.29, 1.82) is 0 Å². The molecule has 0 spiro atoms. The molecule has 3 rings (SSSR count). The van der Waals surface area contributed by atoms with Crippen LogP contribution in [0.15, 0.2) is 23.7 Å². The minimum atomic E-state index is -3.84. The summed E-state index contributed by atoms with van der Waals surface area (Å²) in [6.07, 6.45) is 6.58. The fraction of sp³-hybridized carbons (Fsp3) is 0.500. The van der Waals surface area contributed by atoms with Crippen LogP contribution in [-0.4, -0.2) is 40.5 Å². The van der Waals surface area contributed by atoms with E-state index in [1.807, 2.05) is 0 Å². The number of rotatable bonds is 5. The minimum absolute atomic E-state index is 0.0549. The van der Waals surface area contributed by atoms with Gasteiger partial charge in [-0.15, -0.1) is 0 Å². The predicted molar refractivity (Wildman–Crippen MR) is 80.2 cm³/mol. The van der Waals surface area contributed by atoms with Crippen molar-refractivity contribution in [2.45, 2.75) is 30.5 Å². The number of aryl methyl sites for hydroxylation is 1. The molecule has 1 fully saturated rings. The summed E-state index contributed by atoms with van der Waals surface area (Å²) in [5, 5.41) is 3.99. The van der Waals surface area contributed by atoms with Gasteiger partial charge in [0.15, 0.2) is 0 Å². The molecule has 3 heterocycles. The normalized spacial score (nSPS) is 18.7. The molecule has 0 radical (unpaired) electrons. The van der Waals surface area contributed by atoms with Gasteiger partial charge in [-0.25, -0.2) is 4.98 Å². The van der Waals surface area contributed by atoms with Crippen LogP contribution in [0.5, 0.6) is 0 Å². The summed E-state index contributed by atoms with van der Waals surface area (Å²) in [6.45, 7) is 1.37. The van der Waals surface area contributed by atoms with Gasteiger partial charge in [-0.05, 0) is 12.8 Å². The third-order valence-electron chi connectivity index (χ3n) is 3.39. The standard InChI is InChI=1S/C12H16ClN5O3S/c1-17-8-14-12(11(17)13)22(19,20)16-9-5-15-18(6-9)7-10-3-2-4-21-10/h5-6,8,10,16H,2-4,7H2,1H3/t10-/m1/s1. The molecule has 0 aliphatic carbocycles. The number of aromatic nitrogens is 4. The summed E-state index contributed by atoms with van der Waals surface area (Å²) >= 11 is 5.92. The van der Waals surface area contributed by atoms with Crippen LogP contribution in [0.1, 0.15) is 12.8 Å². The van der Waals surface area contributed by atoms with E-state index in [1.54, 1.807) is 17.9 Å². The highest BCUT2D eigenvalue weighted by atomic mass is 35.5. The maximum atomic E-state index is 12.3. The van der Waals surface area contributed by atoms with Crippen molar-refractivity contribution in [2.24, 2.45) is 7.05 Å². The molecule has 120 valence electrons. The first kappa shape index (κ1) is 15.3. The second kappa shape index (κ2) is 5.90. The van der Waals surface area contributed by atoms with Gasteiger partial charge in [0, 0.05) is 19.9 Å². The highest BCUT2D eigenvalue weighted by Gasteiger charge is 2.23. The van der Waals surface area contributed by atoms with Crippen LogP contribution < -0.4 is 4.72 Å². The third-order valence-corrected chi connectivity index (χ3v) is 5.26. The van der Waals surface area contributed by atoms with Gasteiger partial charge >= 0.3 is 0 Å². The molecule has 1 aliphatic rings. The largest absolute Gasteiger partial charge is 0.376 e. The first-order valence-corrected chi connectivity index (χ1v) is 8.65. The lowest BCUT2D eigenvalue weighted by molar-refractivity contribution is 0.0940. The number of hydrogen-bond donors (Lipinski definition) is 1. The van der Waals surface area contributed by atoms with Gasteiger partial charge in [-0.2, -0.15) is 13.5 Å². The molecule has 0 bridgehead atoms. The van der Waals surface area contributed by atoms with E-state index in [2.05, 4.69) is 14.8 Å². The Morgan fingerprint density at radius 3 is 3.00 bits per heavy atom. The van der Waals surface area contributed by atoms with E-state index in [0.29, 0.717) is 12.2 Å². The van der Waals surface area contributed by atoms with Crippen molar-refractivity contribution >= 4 is 27.3 Å². The number of halogens is 1. The Morgan fingerprint density at radius 1 is 1.55 bits per heavy atom. The molecule has 10 heteroatoms. The monoisotopic (exact) mass is 345 g/mol. The third kappa shape index (κ3) is 3.11. The number of ether oxygens (including phenoxy) is 1. The minimum Gasteiger partial charge on any atom is -0.376 e. The van der Waals surface area contributed by atoms with Crippen LogP contribution >= 0.6 is 11.6 Å². The quantitative estimate of drug-likeness (QED) is 0.880. The fourth-order valence-corrected chi connectivity index (χ4v) is 3.75. The molecule has 2 aromatic rings. The Hall–Kier alpha value is -1.58. The van der Waals surface area contributed by atoms with Crippen LogP contribution in [0.4, 0.5) is 5.69 Å². The summed E-state index contributed by atoms with van der Waals surface area (Å²) in [5.41, 5.74) is 0.361. The summed E-state index contributed by atoms with van der Waals surface area (Å²) < 4.78 is 35.5. The molecule has 1 N–H and O–H groups in total. The fourth-order valence-electron chi connectivity index (χ4n) is 2.29. The highest BCUT2D eigenvalue weighted by molar-refractivity contribution is 7.92. The molecule has 0 amide bonds. The van der Waals surface area contributed by atoms with Crippen molar-refractivity contribution in [3.8, 4) is 0 Å². The van der Waals surface area contributed by atoms with Crippen LogP contribution in [-0.2, 0) is 28.4 Å². The SMILES string of the molecule is Cn1cnc(S(=O)(=O)Nc2cnn(C[C@H]3CCCO3)c2)c1Cl. The lowest BCUT2D eigenvalue weighted by atomic mass is 10.2. The van der Waals surface area contributed by atoms with Gasteiger partial charge in [0.05, 0.1) is 30.9 Å². The Kier molecular flexibility index (Phi) is 4.11. The van der Waals surface area contributed by atoms with Crippen molar-refractivity contribution in [1.82, 2.24) is 19.3 Å². The molecule has 1 saturated heterocycles. The lowest BCUT2D eigenvalue weighted by Crippen LogP contribution is -2.15. The molecular weight excluding hydrogens is 330 g/mol. The summed E-state index contributed by atoms with van der Waals surface area (Å²) in [6, 6.07) is 0. The van der Waals surface area contributed by atoms with E-state index in [9.17, 15) is 8.42 Å². The average Bonchev–Trinajstić information content (AvgIpc) is 3.16. The Labute approximate surface area is 133 Å². The van der Waals surface area contributed by atoms with E-state index >= 15 is 0 Å². The molecule has 2 aromatic heterocycles. The second-order valence-corrected chi connectivity index (χ2v) is 7.10. The van der Waals surface area contributed by atoms with E-state index in [0.717, 1.165) is 19.4 Å². The van der Waals surface area contributed by atoms with E-state index < -0.39 is 10.0 Å².